The first-order chi connectivity index (χ1) is 9.61. The number of nitrogens with zero attached hydrogens (tertiary/aromatic N) is 5. The summed E-state index contributed by atoms with van der Waals surface area (Å²) in [5.41, 5.74) is -0.276. The van der Waals surface area contributed by atoms with Crippen LogP contribution in [0.3, 0.4) is 0 Å². The lowest BCUT2D eigenvalue weighted by molar-refractivity contribution is -0.385. The number of nitro groups is 1. The van der Waals surface area contributed by atoms with E-state index in [1.54, 1.807) is 10.9 Å². The molecule has 0 radical (unpaired) electrons. The Balaban J connectivity index is 2.18. The Kier molecular flexibility index (Phi) is 4.08. The van der Waals surface area contributed by atoms with Crippen LogP contribution in [0.2, 0.25) is 0 Å². The minimum absolute atomic E-state index is 0.0706. The summed E-state index contributed by atoms with van der Waals surface area (Å²) in [5.74, 6) is 0.0558. The van der Waals surface area contributed by atoms with Gasteiger partial charge >= 0.3 is 5.69 Å². The Morgan fingerprint density at radius 3 is 2.95 bits per heavy atom. The number of rotatable bonds is 6. The lowest BCUT2D eigenvalue weighted by Crippen LogP contribution is -2.23. The molecule has 106 valence electrons. The number of aromatic nitrogens is 4. The Morgan fingerprint density at radius 2 is 2.35 bits per heavy atom. The first kappa shape index (κ1) is 13.7. The van der Waals surface area contributed by atoms with Crippen LogP contribution in [-0.2, 0) is 6.54 Å². The molecule has 0 aliphatic rings. The van der Waals surface area contributed by atoms with E-state index in [1.807, 2.05) is 19.2 Å². The average Bonchev–Trinajstić information content (AvgIpc) is 2.90. The van der Waals surface area contributed by atoms with E-state index in [0.29, 0.717) is 6.54 Å². The highest BCUT2D eigenvalue weighted by atomic mass is 16.6. The van der Waals surface area contributed by atoms with Crippen LogP contribution in [0.5, 0.6) is 5.88 Å². The van der Waals surface area contributed by atoms with E-state index in [0.717, 1.165) is 0 Å². The normalized spacial score (nSPS) is 11.9. The molecule has 0 bridgehead atoms. The molecule has 2 rings (SSSR count). The molecule has 0 saturated carbocycles. The summed E-state index contributed by atoms with van der Waals surface area (Å²) in [5, 5.41) is 18.1. The zero-order valence-electron chi connectivity index (χ0n) is 11.1. The third-order valence-corrected chi connectivity index (χ3v) is 2.57. The molecule has 0 fully saturated rings. The van der Waals surface area contributed by atoms with Crippen molar-refractivity contribution in [2.45, 2.75) is 19.5 Å². The van der Waals surface area contributed by atoms with Gasteiger partial charge in [-0.05, 0) is 13.0 Å². The van der Waals surface area contributed by atoms with Crippen molar-refractivity contribution >= 4 is 11.5 Å². The number of anilines is 1. The lowest BCUT2D eigenvalue weighted by Gasteiger charge is -2.14. The van der Waals surface area contributed by atoms with Gasteiger partial charge in [-0.3, -0.25) is 14.8 Å². The molecule has 0 aromatic carbocycles. The van der Waals surface area contributed by atoms with E-state index >= 15 is 0 Å². The van der Waals surface area contributed by atoms with Crippen LogP contribution in [0.15, 0.2) is 24.8 Å². The fraction of sp³-hybridized carbons (Fsp3) is 0.364. The maximum atomic E-state index is 11.1. The van der Waals surface area contributed by atoms with Gasteiger partial charge in [0.15, 0.2) is 0 Å². The van der Waals surface area contributed by atoms with Crippen molar-refractivity contribution in [1.82, 2.24) is 19.7 Å². The van der Waals surface area contributed by atoms with Gasteiger partial charge in [-0.25, -0.2) is 4.98 Å². The summed E-state index contributed by atoms with van der Waals surface area (Å²) in [6.07, 6.45) is 4.70. The Bertz CT molecular complexity index is 586. The molecule has 0 spiro atoms. The standard InChI is InChI=1S/C11H14N6O3/c1-8(6-16-5-3-4-14-16)15-10-9(17(18)19)11(20-2)13-7-12-10/h3-5,7-8H,6H2,1-2H3,(H,12,13,15). The van der Waals surface area contributed by atoms with Crippen molar-refractivity contribution in [3.8, 4) is 5.88 Å². The number of nitrogens with one attached hydrogen (secondary N) is 1. The van der Waals surface area contributed by atoms with Crippen molar-refractivity contribution in [1.29, 1.82) is 0 Å². The van der Waals surface area contributed by atoms with E-state index in [2.05, 4.69) is 20.4 Å². The molecular formula is C11H14N6O3. The second-order valence-electron chi connectivity index (χ2n) is 4.11. The van der Waals surface area contributed by atoms with E-state index in [4.69, 9.17) is 4.74 Å². The van der Waals surface area contributed by atoms with E-state index in [-0.39, 0.29) is 23.4 Å². The summed E-state index contributed by atoms with van der Waals surface area (Å²) in [4.78, 5) is 18.2. The van der Waals surface area contributed by atoms with Crippen molar-refractivity contribution in [3.05, 3.63) is 34.9 Å². The third kappa shape index (κ3) is 2.99. The highest BCUT2D eigenvalue weighted by Crippen LogP contribution is 2.30. The first-order valence-corrected chi connectivity index (χ1v) is 5.89. The molecule has 1 unspecified atom stereocenters. The average molecular weight is 278 g/mol. The fourth-order valence-corrected chi connectivity index (χ4v) is 1.75. The molecule has 2 aromatic heterocycles. The van der Waals surface area contributed by atoms with Crippen LogP contribution < -0.4 is 10.1 Å². The molecule has 1 N–H and O–H groups in total. The highest BCUT2D eigenvalue weighted by molar-refractivity contribution is 5.61. The molecule has 20 heavy (non-hydrogen) atoms. The van der Waals surface area contributed by atoms with Gasteiger partial charge in [-0.15, -0.1) is 0 Å². The van der Waals surface area contributed by atoms with Crippen LogP contribution in [-0.4, -0.2) is 37.8 Å². The molecule has 9 nitrogen and oxygen atoms in total. The van der Waals surface area contributed by atoms with Gasteiger partial charge in [0.25, 0.3) is 5.88 Å². The Labute approximate surface area is 114 Å². The molecule has 0 amide bonds. The van der Waals surface area contributed by atoms with Gasteiger partial charge in [0.05, 0.1) is 18.6 Å². The number of hydrogen-bond acceptors (Lipinski definition) is 7. The van der Waals surface area contributed by atoms with Crippen molar-refractivity contribution in [3.63, 3.8) is 0 Å². The second-order valence-corrected chi connectivity index (χ2v) is 4.11. The molecule has 2 heterocycles. The van der Waals surface area contributed by atoms with Crippen LogP contribution in [0.25, 0.3) is 0 Å². The van der Waals surface area contributed by atoms with E-state index < -0.39 is 4.92 Å². The molecule has 1 atom stereocenters. The molecule has 2 aromatic rings. The molecule has 9 heteroatoms. The summed E-state index contributed by atoms with van der Waals surface area (Å²) < 4.78 is 6.61. The zero-order chi connectivity index (χ0) is 14.5. The quantitative estimate of drug-likeness (QED) is 0.622. The predicted octanol–water partition coefficient (Wildman–Crippen LogP) is 1.09. The topological polar surface area (TPSA) is 108 Å². The first-order valence-electron chi connectivity index (χ1n) is 5.89. The van der Waals surface area contributed by atoms with E-state index in [1.165, 1.54) is 13.4 Å². The SMILES string of the molecule is COc1ncnc(NC(C)Cn2cccn2)c1[N+](=O)[O-]. The maximum Gasteiger partial charge on any atom is 0.372 e. The summed E-state index contributed by atoms with van der Waals surface area (Å²) in [6.45, 7) is 2.43. The van der Waals surface area contributed by atoms with Crippen LogP contribution in [0.1, 0.15) is 6.92 Å². The van der Waals surface area contributed by atoms with Crippen molar-refractivity contribution in [2.75, 3.05) is 12.4 Å². The van der Waals surface area contributed by atoms with Gasteiger partial charge in [-0.2, -0.15) is 10.1 Å². The number of hydrogen-bond donors (Lipinski definition) is 1. The van der Waals surface area contributed by atoms with E-state index in [9.17, 15) is 10.1 Å². The molecule has 0 aliphatic heterocycles. The van der Waals surface area contributed by atoms with Gasteiger partial charge < -0.3 is 10.1 Å². The summed E-state index contributed by atoms with van der Waals surface area (Å²) in [7, 11) is 1.33. The van der Waals surface area contributed by atoms with Crippen LogP contribution in [0.4, 0.5) is 11.5 Å². The second kappa shape index (κ2) is 5.95. The van der Waals surface area contributed by atoms with Crippen molar-refractivity contribution < 1.29 is 9.66 Å². The monoisotopic (exact) mass is 278 g/mol. The largest absolute Gasteiger partial charge is 0.476 e. The predicted molar refractivity (Wildman–Crippen MR) is 70.6 cm³/mol. The molecule has 0 saturated heterocycles. The lowest BCUT2D eigenvalue weighted by atomic mass is 10.3. The maximum absolute atomic E-state index is 11.1. The van der Waals surface area contributed by atoms with Crippen LogP contribution in [0, 0.1) is 10.1 Å². The Morgan fingerprint density at radius 1 is 1.55 bits per heavy atom. The minimum atomic E-state index is -0.568. The van der Waals surface area contributed by atoms with Gasteiger partial charge in [-0.1, -0.05) is 0 Å². The van der Waals surface area contributed by atoms with Crippen LogP contribution >= 0.6 is 0 Å². The highest BCUT2D eigenvalue weighted by Gasteiger charge is 2.24. The smallest absolute Gasteiger partial charge is 0.372 e. The summed E-state index contributed by atoms with van der Waals surface area (Å²) in [6, 6.07) is 1.70. The molecule has 0 aliphatic carbocycles. The third-order valence-electron chi connectivity index (χ3n) is 2.57. The number of methoxy groups -OCH3 is 1. The molecular weight excluding hydrogens is 264 g/mol. The summed E-state index contributed by atoms with van der Waals surface area (Å²) >= 11 is 0. The van der Waals surface area contributed by atoms with Crippen molar-refractivity contribution in [2.24, 2.45) is 0 Å². The van der Waals surface area contributed by atoms with Gasteiger partial charge in [0, 0.05) is 18.4 Å². The van der Waals surface area contributed by atoms with Gasteiger partial charge in [0.1, 0.15) is 6.33 Å². The van der Waals surface area contributed by atoms with Gasteiger partial charge in [0.2, 0.25) is 5.82 Å². The minimum Gasteiger partial charge on any atom is -0.476 e. The Hall–Kier alpha value is -2.71. The fourth-order valence-electron chi connectivity index (χ4n) is 1.75. The number of ether oxygens (including phenoxy) is 1. The zero-order valence-corrected chi connectivity index (χ0v) is 11.1.